The van der Waals surface area contributed by atoms with Crippen molar-refractivity contribution in [1.29, 1.82) is 0 Å². The predicted molar refractivity (Wildman–Crippen MR) is 94.4 cm³/mol. The Balaban J connectivity index is 1.64. The van der Waals surface area contributed by atoms with E-state index in [4.69, 9.17) is 4.98 Å². The van der Waals surface area contributed by atoms with Gasteiger partial charge in [0.25, 0.3) is 0 Å². The van der Waals surface area contributed by atoms with Crippen LogP contribution in [0.15, 0.2) is 36.7 Å². The van der Waals surface area contributed by atoms with Gasteiger partial charge in [-0.25, -0.2) is 19.3 Å². The Hall–Kier alpha value is -3.03. The number of fused-ring (bicyclic) bond motifs is 1. The van der Waals surface area contributed by atoms with Crippen LogP contribution in [0.4, 0.5) is 0 Å². The van der Waals surface area contributed by atoms with Crippen LogP contribution < -0.4 is 5.32 Å². The number of nitrogens with zero attached hydrogens (tertiary/aromatic N) is 6. The molecule has 4 rings (SSSR count). The molecule has 0 saturated carbocycles. The number of hydrogen-bond donors (Lipinski definition) is 1. The largest absolute Gasteiger partial charge is 0.359 e. The molecule has 134 valence electrons. The van der Waals surface area contributed by atoms with Crippen LogP contribution in [-0.2, 0) is 30.7 Å². The number of carbonyl (C=O) groups excluding carboxylic acids is 1. The minimum absolute atomic E-state index is 0.0874. The first-order valence-electron chi connectivity index (χ1n) is 8.77. The molecule has 26 heavy (non-hydrogen) atoms. The number of nitrogens with one attached hydrogen (secondary N) is 1. The molecule has 3 heterocycles. The molecule has 0 bridgehead atoms. The van der Waals surface area contributed by atoms with E-state index in [2.05, 4.69) is 32.6 Å². The number of rotatable bonds is 5. The van der Waals surface area contributed by atoms with Gasteiger partial charge in [-0.3, -0.25) is 4.79 Å². The number of benzene rings is 1. The first-order valence-corrected chi connectivity index (χ1v) is 8.77. The molecule has 1 amide bonds. The molecule has 8 nitrogen and oxygen atoms in total. The van der Waals surface area contributed by atoms with Crippen LogP contribution in [0.1, 0.15) is 35.4 Å². The molecule has 0 spiro atoms. The molecule has 0 fully saturated rings. The summed E-state index contributed by atoms with van der Waals surface area (Å²) in [6.45, 7) is 1.37. The zero-order valence-electron chi connectivity index (χ0n) is 14.7. The van der Waals surface area contributed by atoms with Gasteiger partial charge < -0.3 is 5.32 Å². The predicted octanol–water partition coefficient (Wildman–Crippen LogP) is 0.936. The van der Waals surface area contributed by atoms with Gasteiger partial charge in [0.15, 0.2) is 5.82 Å². The van der Waals surface area contributed by atoms with Gasteiger partial charge in [0.1, 0.15) is 18.0 Å². The Morgan fingerprint density at radius 3 is 2.96 bits per heavy atom. The Morgan fingerprint density at radius 2 is 2.15 bits per heavy atom. The maximum absolute atomic E-state index is 11.7. The van der Waals surface area contributed by atoms with Gasteiger partial charge in [-0.15, -0.1) is 0 Å². The molecule has 3 aromatic rings. The number of likely N-dealkylation sites (N-methyl/N-ethyl adjacent to an activating group) is 1. The van der Waals surface area contributed by atoms with E-state index in [0.717, 1.165) is 36.6 Å². The molecule has 1 unspecified atom stereocenters. The van der Waals surface area contributed by atoms with Gasteiger partial charge in [-0.05, 0) is 12.0 Å². The molecule has 1 atom stereocenters. The fraction of sp³-hybridized carbons (Fsp3) is 0.389. The van der Waals surface area contributed by atoms with Crippen molar-refractivity contribution in [2.75, 3.05) is 7.05 Å². The monoisotopic (exact) mass is 351 g/mol. The third kappa shape index (κ3) is 3.35. The highest BCUT2D eigenvalue weighted by Gasteiger charge is 2.26. The van der Waals surface area contributed by atoms with E-state index in [1.165, 1.54) is 0 Å². The van der Waals surface area contributed by atoms with Crippen molar-refractivity contribution in [3.63, 3.8) is 0 Å². The van der Waals surface area contributed by atoms with Crippen LogP contribution in [0.2, 0.25) is 0 Å². The van der Waals surface area contributed by atoms with Crippen LogP contribution in [-0.4, -0.2) is 42.5 Å². The average Bonchev–Trinajstić information content (AvgIpc) is 3.28. The second-order valence-corrected chi connectivity index (χ2v) is 6.47. The van der Waals surface area contributed by atoms with E-state index in [-0.39, 0.29) is 18.2 Å². The molecule has 1 aliphatic rings. The highest BCUT2D eigenvalue weighted by molar-refractivity contribution is 5.77. The van der Waals surface area contributed by atoms with Crippen LogP contribution in [0.5, 0.6) is 0 Å². The zero-order chi connectivity index (χ0) is 17.9. The Morgan fingerprint density at radius 1 is 1.31 bits per heavy atom. The maximum Gasteiger partial charge on any atom is 0.227 e. The van der Waals surface area contributed by atoms with Crippen molar-refractivity contribution in [2.24, 2.45) is 0 Å². The number of carbonyl (C=O) groups is 1. The highest BCUT2D eigenvalue weighted by atomic mass is 16.1. The molecular weight excluding hydrogens is 330 g/mol. The summed E-state index contributed by atoms with van der Waals surface area (Å²) in [6, 6.07) is 10.2. The van der Waals surface area contributed by atoms with E-state index in [1.807, 2.05) is 27.6 Å². The van der Waals surface area contributed by atoms with Gasteiger partial charge in [0.05, 0.1) is 19.5 Å². The summed E-state index contributed by atoms with van der Waals surface area (Å²) in [5.41, 5.74) is 1.15. The summed E-state index contributed by atoms with van der Waals surface area (Å²) in [5, 5.41) is 11.5. The number of hydrogen-bond acceptors (Lipinski definition) is 5. The van der Waals surface area contributed by atoms with E-state index >= 15 is 0 Å². The van der Waals surface area contributed by atoms with E-state index in [1.54, 1.807) is 13.4 Å². The minimum atomic E-state index is -0.0874. The third-order valence-electron chi connectivity index (χ3n) is 4.69. The molecule has 1 aliphatic heterocycles. The topological polar surface area (TPSA) is 90.5 Å². The first-order chi connectivity index (χ1) is 12.7. The summed E-state index contributed by atoms with van der Waals surface area (Å²) in [7, 11) is 1.62. The Labute approximate surface area is 151 Å². The second kappa shape index (κ2) is 7.07. The Kier molecular flexibility index (Phi) is 4.47. The van der Waals surface area contributed by atoms with Crippen LogP contribution >= 0.6 is 0 Å². The lowest BCUT2D eigenvalue weighted by Crippen LogP contribution is -2.23. The lowest BCUT2D eigenvalue weighted by Gasteiger charge is -2.22. The fourth-order valence-electron chi connectivity index (χ4n) is 3.33. The molecule has 8 heteroatoms. The molecule has 0 aliphatic carbocycles. The normalized spacial score (nSPS) is 16.3. The molecule has 0 saturated heterocycles. The van der Waals surface area contributed by atoms with Gasteiger partial charge >= 0.3 is 0 Å². The van der Waals surface area contributed by atoms with E-state index in [9.17, 15) is 4.79 Å². The van der Waals surface area contributed by atoms with Crippen LogP contribution in [0.3, 0.4) is 0 Å². The SMILES string of the molecule is CNC(=O)Cc1nc(C2CCc3ncnn3C2)n(Cc2ccccc2)n1. The molecule has 0 radical (unpaired) electrons. The third-order valence-corrected chi connectivity index (χ3v) is 4.69. The summed E-state index contributed by atoms with van der Waals surface area (Å²) in [4.78, 5) is 20.7. The van der Waals surface area contributed by atoms with E-state index < -0.39 is 0 Å². The van der Waals surface area contributed by atoms with Gasteiger partial charge in [-0.2, -0.15) is 10.2 Å². The van der Waals surface area contributed by atoms with Crippen molar-refractivity contribution in [3.05, 3.63) is 59.7 Å². The van der Waals surface area contributed by atoms with Gasteiger partial charge in [-0.1, -0.05) is 30.3 Å². The summed E-state index contributed by atoms with van der Waals surface area (Å²) >= 11 is 0. The summed E-state index contributed by atoms with van der Waals surface area (Å²) in [6.07, 6.45) is 3.61. The standard InChI is InChI=1S/C18H21N7O/c1-19-17(26)9-15-22-18(14-7-8-16-20-12-21-24(16)11-14)25(23-15)10-13-5-3-2-4-6-13/h2-6,12,14H,7-11H2,1H3,(H,19,26). The molecule has 2 aromatic heterocycles. The lowest BCUT2D eigenvalue weighted by atomic mass is 9.99. The fourth-order valence-corrected chi connectivity index (χ4v) is 3.33. The molecule has 1 aromatic carbocycles. The number of aryl methyl sites for hydroxylation is 1. The zero-order valence-corrected chi connectivity index (χ0v) is 14.7. The van der Waals surface area contributed by atoms with Crippen molar-refractivity contribution >= 4 is 5.91 Å². The Bertz CT molecular complexity index is 899. The van der Waals surface area contributed by atoms with Gasteiger partial charge in [0, 0.05) is 19.4 Å². The second-order valence-electron chi connectivity index (χ2n) is 6.47. The van der Waals surface area contributed by atoms with Crippen molar-refractivity contribution in [1.82, 2.24) is 34.8 Å². The first kappa shape index (κ1) is 16.4. The maximum atomic E-state index is 11.7. The molecule has 1 N–H and O–H groups in total. The average molecular weight is 351 g/mol. The van der Waals surface area contributed by atoms with Gasteiger partial charge in [0.2, 0.25) is 5.91 Å². The smallest absolute Gasteiger partial charge is 0.227 e. The summed E-state index contributed by atoms with van der Waals surface area (Å²) in [5.74, 6) is 2.60. The van der Waals surface area contributed by atoms with Crippen molar-refractivity contribution in [3.8, 4) is 0 Å². The quantitative estimate of drug-likeness (QED) is 0.739. The van der Waals surface area contributed by atoms with E-state index in [0.29, 0.717) is 12.4 Å². The number of aromatic nitrogens is 6. The molecular formula is C18H21N7O. The highest BCUT2D eigenvalue weighted by Crippen LogP contribution is 2.27. The van der Waals surface area contributed by atoms with Crippen LogP contribution in [0, 0.1) is 0 Å². The summed E-state index contributed by atoms with van der Waals surface area (Å²) < 4.78 is 3.87. The van der Waals surface area contributed by atoms with Crippen molar-refractivity contribution < 1.29 is 4.79 Å². The number of amides is 1. The minimum Gasteiger partial charge on any atom is -0.359 e. The lowest BCUT2D eigenvalue weighted by molar-refractivity contribution is -0.120. The van der Waals surface area contributed by atoms with Crippen molar-refractivity contribution in [2.45, 2.75) is 38.3 Å². The van der Waals surface area contributed by atoms with Crippen LogP contribution in [0.25, 0.3) is 0 Å².